The van der Waals surface area contributed by atoms with Gasteiger partial charge in [-0.25, -0.2) is 4.98 Å². The molecule has 0 saturated carbocycles. The zero-order valence-electron chi connectivity index (χ0n) is 16.1. The van der Waals surface area contributed by atoms with Gasteiger partial charge in [-0.15, -0.1) is 11.3 Å². The number of carbonyl (C=O) groups excluding carboxylic acids is 2. The minimum Gasteiger partial charge on any atom is -0.494 e. The Morgan fingerprint density at radius 3 is 2.72 bits per heavy atom. The van der Waals surface area contributed by atoms with E-state index in [1.807, 2.05) is 17.5 Å². The number of nitrogens with one attached hydrogen (secondary N) is 2. The molecule has 2 heterocycles. The number of ether oxygens (including phenoxy) is 1. The number of rotatable bonds is 10. The maximum absolute atomic E-state index is 12.2. The van der Waals surface area contributed by atoms with E-state index in [9.17, 15) is 9.59 Å². The first-order chi connectivity index (χ1) is 14.2. The summed E-state index contributed by atoms with van der Waals surface area (Å²) >= 11 is 1.53. The summed E-state index contributed by atoms with van der Waals surface area (Å²) in [4.78, 5) is 29.4. The van der Waals surface area contributed by atoms with Crippen LogP contribution in [0.4, 0.5) is 0 Å². The van der Waals surface area contributed by atoms with Crippen molar-refractivity contribution in [1.29, 1.82) is 0 Å². The second kappa shape index (κ2) is 10.4. The van der Waals surface area contributed by atoms with Crippen molar-refractivity contribution in [3.8, 4) is 16.5 Å². The van der Waals surface area contributed by atoms with Gasteiger partial charge >= 0.3 is 0 Å². The van der Waals surface area contributed by atoms with Crippen molar-refractivity contribution in [2.24, 2.45) is 0 Å². The molecule has 2 aromatic heterocycles. The molecule has 0 fully saturated rings. The first kappa shape index (κ1) is 20.6. The van der Waals surface area contributed by atoms with Gasteiger partial charge in [-0.05, 0) is 42.1 Å². The summed E-state index contributed by atoms with van der Waals surface area (Å²) in [6, 6.07) is 10.7. The van der Waals surface area contributed by atoms with Crippen LogP contribution >= 0.6 is 11.3 Å². The molecule has 0 bridgehead atoms. The van der Waals surface area contributed by atoms with E-state index in [0.717, 1.165) is 23.5 Å². The van der Waals surface area contributed by atoms with E-state index in [-0.39, 0.29) is 24.9 Å². The molecule has 0 spiro atoms. The predicted octanol–water partition coefficient (Wildman–Crippen LogP) is 3.63. The van der Waals surface area contributed by atoms with E-state index in [1.165, 1.54) is 17.6 Å². The van der Waals surface area contributed by atoms with Crippen LogP contribution in [0.5, 0.6) is 5.75 Å². The fraction of sp³-hybridized carbons (Fsp3) is 0.286. The number of amides is 2. The smallest absolute Gasteiger partial charge is 0.251 e. The molecule has 0 aliphatic rings. The van der Waals surface area contributed by atoms with Gasteiger partial charge in [0, 0.05) is 5.56 Å². The number of oxazole rings is 1. The van der Waals surface area contributed by atoms with E-state index in [1.54, 1.807) is 24.3 Å². The fourth-order valence-electron chi connectivity index (χ4n) is 2.45. The van der Waals surface area contributed by atoms with Crippen LogP contribution in [-0.2, 0) is 11.3 Å². The van der Waals surface area contributed by atoms with Crippen molar-refractivity contribution in [2.45, 2.75) is 26.3 Å². The first-order valence-electron chi connectivity index (χ1n) is 9.41. The molecule has 0 atom stereocenters. The molecule has 1 aromatic carbocycles. The topological polar surface area (TPSA) is 93.5 Å². The third kappa shape index (κ3) is 6.18. The third-order valence-electron chi connectivity index (χ3n) is 4.04. The van der Waals surface area contributed by atoms with Crippen molar-refractivity contribution in [3.63, 3.8) is 0 Å². The van der Waals surface area contributed by atoms with Crippen molar-refractivity contribution >= 4 is 23.2 Å². The minimum absolute atomic E-state index is 0.122. The van der Waals surface area contributed by atoms with Gasteiger partial charge in [0.25, 0.3) is 5.91 Å². The summed E-state index contributed by atoms with van der Waals surface area (Å²) < 4.78 is 11.0. The van der Waals surface area contributed by atoms with Crippen LogP contribution in [0.2, 0.25) is 0 Å². The highest BCUT2D eigenvalue weighted by atomic mass is 32.1. The van der Waals surface area contributed by atoms with Gasteiger partial charge < -0.3 is 19.8 Å². The Kier molecular flexibility index (Phi) is 7.40. The first-order valence-corrected chi connectivity index (χ1v) is 10.3. The largest absolute Gasteiger partial charge is 0.494 e. The average Bonchev–Trinajstić information content (AvgIpc) is 3.43. The van der Waals surface area contributed by atoms with Gasteiger partial charge in [0.05, 0.1) is 30.3 Å². The van der Waals surface area contributed by atoms with Crippen molar-refractivity contribution in [2.75, 3.05) is 13.2 Å². The normalized spacial score (nSPS) is 10.5. The Morgan fingerprint density at radius 1 is 1.17 bits per heavy atom. The summed E-state index contributed by atoms with van der Waals surface area (Å²) in [5.74, 6) is 0.627. The van der Waals surface area contributed by atoms with E-state index in [2.05, 4.69) is 22.5 Å². The second-order valence-corrected chi connectivity index (χ2v) is 7.25. The number of thiophene rings is 1. The average molecular weight is 413 g/mol. The van der Waals surface area contributed by atoms with Gasteiger partial charge in [0.2, 0.25) is 11.8 Å². The van der Waals surface area contributed by atoms with E-state index >= 15 is 0 Å². The minimum atomic E-state index is -0.318. The monoisotopic (exact) mass is 413 g/mol. The SMILES string of the molecule is CCCCOc1ccc(C(=O)NCC(=O)NCc2coc(-c3cccs3)n2)cc1. The standard InChI is InChI=1S/C21H23N3O4S/c1-2-3-10-27-17-8-6-15(7-9-17)20(26)23-13-19(25)22-12-16-14-28-21(24-16)18-5-4-11-29-18/h4-9,11,14H,2-3,10,12-13H2,1H3,(H,22,25)(H,23,26). The van der Waals surface area contributed by atoms with Crippen LogP contribution < -0.4 is 15.4 Å². The highest BCUT2D eigenvalue weighted by Gasteiger charge is 2.11. The Hall–Kier alpha value is -3.13. The molecule has 29 heavy (non-hydrogen) atoms. The van der Waals surface area contributed by atoms with Gasteiger partial charge in [0.1, 0.15) is 12.0 Å². The summed E-state index contributed by atoms with van der Waals surface area (Å²) in [6.45, 7) is 2.86. The summed E-state index contributed by atoms with van der Waals surface area (Å²) in [6.07, 6.45) is 3.56. The number of carbonyl (C=O) groups is 2. The second-order valence-electron chi connectivity index (χ2n) is 6.31. The number of aromatic nitrogens is 1. The lowest BCUT2D eigenvalue weighted by atomic mass is 10.2. The molecule has 8 heteroatoms. The van der Waals surface area contributed by atoms with Crippen molar-refractivity contribution in [3.05, 3.63) is 59.3 Å². The maximum Gasteiger partial charge on any atom is 0.251 e. The lowest BCUT2D eigenvalue weighted by molar-refractivity contribution is -0.120. The van der Waals surface area contributed by atoms with Crippen LogP contribution in [0, 0.1) is 0 Å². The Balaban J connectivity index is 1.40. The molecule has 3 aromatic rings. The summed E-state index contributed by atoms with van der Waals surface area (Å²) in [7, 11) is 0. The van der Waals surface area contributed by atoms with Crippen LogP contribution in [0.3, 0.4) is 0 Å². The number of hydrogen-bond donors (Lipinski definition) is 2. The van der Waals surface area contributed by atoms with Gasteiger partial charge in [-0.3, -0.25) is 9.59 Å². The molecular weight excluding hydrogens is 390 g/mol. The van der Waals surface area contributed by atoms with Crippen LogP contribution in [0.25, 0.3) is 10.8 Å². The highest BCUT2D eigenvalue weighted by Crippen LogP contribution is 2.23. The molecule has 0 radical (unpaired) electrons. The number of benzene rings is 1. The Bertz CT molecular complexity index is 920. The van der Waals surface area contributed by atoms with E-state index < -0.39 is 0 Å². The van der Waals surface area contributed by atoms with Gasteiger partial charge in [-0.1, -0.05) is 19.4 Å². The Labute approximate surface area is 173 Å². The quantitative estimate of drug-likeness (QED) is 0.495. The molecule has 3 rings (SSSR count). The fourth-order valence-corrected chi connectivity index (χ4v) is 3.11. The predicted molar refractivity (Wildman–Crippen MR) is 111 cm³/mol. The van der Waals surface area contributed by atoms with Crippen LogP contribution in [-0.4, -0.2) is 29.9 Å². The van der Waals surface area contributed by atoms with Crippen molar-refractivity contribution in [1.82, 2.24) is 15.6 Å². The zero-order valence-corrected chi connectivity index (χ0v) is 17.0. The van der Waals surface area contributed by atoms with Crippen molar-refractivity contribution < 1.29 is 18.7 Å². The molecular formula is C21H23N3O4S. The van der Waals surface area contributed by atoms with E-state index in [0.29, 0.717) is 23.8 Å². The molecule has 0 saturated heterocycles. The molecule has 0 unspecified atom stereocenters. The van der Waals surface area contributed by atoms with Gasteiger partial charge in [-0.2, -0.15) is 0 Å². The van der Waals surface area contributed by atoms with Crippen LogP contribution in [0.15, 0.2) is 52.5 Å². The van der Waals surface area contributed by atoms with E-state index in [4.69, 9.17) is 9.15 Å². The molecule has 152 valence electrons. The lowest BCUT2D eigenvalue weighted by Crippen LogP contribution is -2.36. The molecule has 0 aliphatic carbocycles. The van der Waals surface area contributed by atoms with Gasteiger partial charge in [0.15, 0.2) is 0 Å². The number of nitrogens with zero attached hydrogens (tertiary/aromatic N) is 1. The molecule has 2 N–H and O–H groups in total. The molecule has 2 amide bonds. The van der Waals surface area contributed by atoms with Crippen LogP contribution in [0.1, 0.15) is 35.8 Å². The third-order valence-corrected chi connectivity index (χ3v) is 4.90. The maximum atomic E-state index is 12.2. The molecule has 7 nitrogen and oxygen atoms in total. The number of unbranched alkanes of at least 4 members (excludes halogenated alkanes) is 1. The summed E-state index contributed by atoms with van der Waals surface area (Å²) in [5.41, 5.74) is 1.09. The zero-order chi connectivity index (χ0) is 20.5. The molecule has 0 aliphatic heterocycles. The number of hydrogen-bond acceptors (Lipinski definition) is 6. The Morgan fingerprint density at radius 2 is 2.00 bits per heavy atom. The highest BCUT2D eigenvalue weighted by molar-refractivity contribution is 7.13. The summed E-state index contributed by atoms with van der Waals surface area (Å²) in [5, 5.41) is 7.25. The lowest BCUT2D eigenvalue weighted by Gasteiger charge is -2.08.